The highest BCUT2D eigenvalue weighted by atomic mass is 16.5. The van der Waals surface area contributed by atoms with Crippen molar-refractivity contribution in [3.05, 3.63) is 0 Å². The van der Waals surface area contributed by atoms with Crippen LogP contribution in [0.25, 0.3) is 0 Å². The van der Waals surface area contributed by atoms with Gasteiger partial charge in [-0.2, -0.15) is 0 Å². The standard InChI is InChI=1S/C14H25NO4/c1-13(2,12(17)18)10-7-6-8-15(9-10)11(16)14(3,4)19-5/h10H,6-9H2,1-5H3,(H,17,18). The molecule has 1 saturated heterocycles. The SMILES string of the molecule is COC(C)(C)C(=O)N1CCCC(C(C)(C)C(=O)O)C1. The third-order valence-corrected chi connectivity index (χ3v) is 4.31. The molecular weight excluding hydrogens is 246 g/mol. The van der Waals surface area contributed by atoms with E-state index in [4.69, 9.17) is 4.74 Å². The van der Waals surface area contributed by atoms with Crippen LogP contribution in [0, 0.1) is 11.3 Å². The van der Waals surface area contributed by atoms with Crippen molar-refractivity contribution in [2.24, 2.45) is 11.3 Å². The van der Waals surface area contributed by atoms with Gasteiger partial charge in [0.2, 0.25) is 0 Å². The van der Waals surface area contributed by atoms with Crippen LogP contribution >= 0.6 is 0 Å². The zero-order valence-corrected chi connectivity index (χ0v) is 12.5. The lowest BCUT2D eigenvalue weighted by Crippen LogP contribution is -2.52. The molecular formula is C14H25NO4. The topological polar surface area (TPSA) is 66.8 Å². The second-order valence-corrected chi connectivity index (χ2v) is 6.33. The van der Waals surface area contributed by atoms with Gasteiger partial charge < -0.3 is 14.7 Å². The van der Waals surface area contributed by atoms with E-state index in [9.17, 15) is 14.7 Å². The summed E-state index contributed by atoms with van der Waals surface area (Å²) in [5.41, 5.74) is -1.66. The van der Waals surface area contributed by atoms with Gasteiger partial charge in [0.15, 0.2) is 0 Å². The Morgan fingerprint density at radius 3 is 2.32 bits per heavy atom. The molecule has 1 aliphatic rings. The van der Waals surface area contributed by atoms with Crippen LogP contribution < -0.4 is 0 Å². The van der Waals surface area contributed by atoms with Crippen LogP contribution in [0.15, 0.2) is 0 Å². The van der Waals surface area contributed by atoms with Crippen LogP contribution in [-0.2, 0) is 14.3 Å². The predicted molar refractivity (Wildman–Crippen MR) is 71.8 cm³/mol. The van der Waals surface area contributed by atoms with E-state index in [-0.39, 0.29) is 11.8 Å². The van der Waals surface area contributed by atoms with Gasteiger partial charge in [0.05, 0.1) is 5.41 Å². The van der Waals surface area contributed by atoms with E-state index in [1.165, 1.54) is 7.11 Å². The van der Waals surface area contributed by atoms with Crippen LogP contribution in [0.3, 0.4) is 0 Å². The Kier molecular flexibility index (Phi) is 4.61. The van der Waals surface area contributed by atoms with E-state index in [1.807, 2.05) is 0 Å². The second-order valence-electron chi connectivity index (χ2n) is 6.33. The monoisotopic (exact) mass is 271 g/mol. The molecule has 0 aromatic carbocycles. The van der Waals surface area contributed by atoms with Crippen molar-refractivity contribution in [2.75, 3.05) is 20.2 Å². The minimum Gasteiger partial charge on any atom is -0.481 e. The number of nitrogens with zero attached hydrogens (tertiary/aromatic N) is 1. The number of amides is 1. The van der Waals surface area contributed by atoms with Gasteiger partial charge in [0, 0.05) is 20.2 Å². The molecule has 0 saturated carbocycles. The number of hydrogen-bond acceptors (Lipinski definition) is 3. The molecule has 1 atom stereocenters. The first-order valence-corrected chi connectivity index (χ1v) is 6.71. The van der Waals surface area contributed by atoms with Crippen molar-refractivity contribution in [2.45, 2.75) is 46.1 Å². The summed E-state index contributed by atoms with van der Waals surface area (Å²) in [5, 5.41) is 9.30. The van der Waals surface area contributed by atoms with Gasteiger partial charge in [0.1, 0.15) is 5.60 Å². The van der Waals surface area contributed by atoms with Crippen molar-refractivity contribution in [1.82, 2.24) is 4.90 Å². The van der Waals surface area contributed by atoms with Crippen LogP contribution in [0.5, 0.6) is 0 Å². The lowest BCUT2D eigenvalue weighted by molar-refractivity contribution is -0.159. The first kappa shape index (κ1) is 16.0. The summed E-state index contributed by atoms with van der Waals surface area (Å²) >= 11 is 0. The summed E-state index contributed by atoms with van der Waals surface area (Å²) in [6, 6.07) is 0. The van der Waals surface area contributed by atoms with E-state index in [2.05, 4.69) is 0 Å². The molecule has 1 rings (SSSR count). The summed E-state index contributed by atoms with van der Waals surface area (Å²) in [5.74, 6) is -0.894. The van der Waals surface area contributed by atoms with E-state index in [0.29, 0.717) is 13.1 Å². The fourth-order valence-corrected chi connectivity index (χ4v) is 2.39. The summed E-state index contributed by atoms with van der Waals surface area (Å²) in [6.07, 6.45) is 1.68. The van der Waals surface area contributed by atoms with Crippen molar-refractivity contribution >= 4 is 11.9 Å². The Morgan fingerprint density at radius 2 is 1.84 bits per heavy atom. The van der Waals surface area contributed by atoms with Gasteiger partial charge in [0.25, 0.3) is 5.91 Å². The minimum atomic E-state index is -0.852. The van der Waals surface area contributed by atoms with Crippen molar-refractivity contribution in [3.8, 4) is 0 Å². The minimum absolute atomic E-state index is 0.0182. The Labute approximate surface area is 114 Å². The highest BCUT2D eigenvalue weighted by Crippen LogP contribution is 2.34. The Bertz CT molecular complexity index is 362. The molecule has 1 heterocycles. The molecule has 0 spiro atoms. The molecule has 0 aromatic heterocycles. The van der Waals surface area contributed by atoms with E-state index in [1.54, 1.807) is 32.6 Å². The van der Waals surface area contributed by atoms with E-state index >= 15 is 0 Å². The molecule has 1 aliphatic heterocycles. The fourth-order valence-electron chi connectivity index (χ4n) is 2.39. The number of likely N-dealkylation sites (tertiary alicyclic amines) is 1. The van der Waals surface area contributed by atoms with Crippen LogP contribution in [-0.4, -0.2) is 47.7 Å². The largest absolute Gasteiger partial charge is 0.481 e. The molecule has 1 N–H and O–H groups in total. The molecule has 5 heteroatoms. The van der Waals surface area contributed by atoms with Gasteiger partial charge in [-0.25, -0.2) is 0 Å². The molecule has 0 aliphatic carbocycles. The average Bonchev–Trinajstić information content (AvgIpc) is 2.37. The lowest BCUT2D eigenvalue weighted by Gasteiger charge is -2.41. The first-order chi connectivity index (χ1) is 8.63. The second kappa shape index (κ2) is 5.49. The summed E-state index contributed by atoms with van der Waals surface area (Å²) in [7, 11) is 1.51. The number of carbonyl (C=O) groups excluding carboxylic acids is 1. The number of methoxy groups -OCH3 is 1. The molecule has 1 amide bonds. The molecule has 1 unspecified atom stereocenters. The summed E-state index contributed by atoms with van der Waals surface area (Å²) in [4.78, 5) is 25.4. The third kappa shape index (κ3) is 3.26. The highest BCUT2D eigenvalue weighted by molar-refractivity contribution is 5.84. The number of carboxylic acids is 1. The summed E-state index contributed by atoms with van der Waals surface area (Å²) < 4.78 is 5.21. The van der Waals surface area contributed by atoms with Crippen molar-refractivity contribution in [1.29, 1.82) is 0 Å². The third-order valence-electron chi connectivity index (χ3n) is 4.31. The van der Waals surface area contributed by atoms with Gasteiger partial charge in [-0.1, -0.05) is 0 Å². The molecule has 0 radical (unpaired) electrons. The maximum absolute atomic E-state index is 12.3. The fraction of sp³-hybridized carbons (Fsp3) is 0.857. The Balaban J connectivity index is 2.81. The maximum Gasteiger partial charge on any atom is 0.309 e. The predicted octanol–water partition coefficient (Wildman–Crippen LogP) is 1.76. The zero-order valence-electron chi connectivity index (χ0n) is 12.5. The number of carboxylic acid groups (broad SMARTS) is 1. The number of ether oxygens (including phenoxy) is 1. The molecule has 5 nitrogen and oxygen atoms in total. The van der Waals surface area contributed by atoms with Crippen molar-refractivity contribution in [3.63, 3.8) is 0 Å². The molecule has 110 valence electrons. The van der Waals surface area contributed by atoms with Gasteiger partial charge in [-0.3, -0.25) is 9.59 Å². The Morgan fingerprint density at radius 1 is 1.26 bits per heavy atom. The molecule has 1 fully saturated rings. The lowest BCUT2D eigenvalue weighted by atomic mass is 9.74. The van der Waals surface area contributed by atoms with Crippen LogP contribution in [0.2, 0.25) is 0 Å². The number of rotatable bonds is 4. The van der Waals surface area contributed by atoms with E-state index < -0.39 is 17.0 Å². The van der Waals surface area contributed by atoms with E-state index in [0.717, 1.165) is 12.8 Å². The van der Waals surface area contributed by atoms with Gasteiger partial charge in [-0.05, 0) is 46.5 Å². The highest BCUT2D eigenvalue weighted by Gasteiger charge is 2.42. The summed E-state index contributed by atoms with van der Waals surface area (Å²) in [6.45, 7) is 8.11. The molecule has 0 aromatic rings. The first-order valence-electron chi connectivity index (χ1n) is 6.71. The molecule has 19 heavy (non-hydrogen) atoms. The van der Waals surface area contributed by atoms with Crippen LogP contribution in [0.1, 0.15) is 40.5 Å². The number of carbonyl (C=O) groups is 2. The van der Waals surface area contributed by atoms with Gasteiger partial charge in [-0.15, -0.1) is 0 Å². The maximum atomic E-state index is 12.3. The smallest absolute Gasteiger partial charge is 0.309 e. The van der Waals surface area contributed by atoms with Gasteiger partial charge >= 0.3 is 5.97 Å². The average molecular weight is 271 g/mol. The number of aliphatic carboxylic acids is 1. The Hall–Kier alpha value is -1.10. The van der Waals surface area contributed by atoms with Crippen molar-refractivity contribution < 1.29 is 19.4 Å². The quantitative estimate of drug-likeness (QED) is 0.846. The van der Waals surface area contributed by atoms with Crippen LogP contribution in [0.4, 0.5) is 0 Å². The number of piperidine rings is 1. The number of hydrogen-bond donors (Lipinski definition) is 1. The normalized spacial score (nSPS) is 21.3. The zero-order chi connectivity index (χ0) is 14.8. The molecule has 0 bridgehead atoms.